The smallest absolute Gasteiger partial charge is 0.290 e. The number of furan rings is 1. The van der Waals surface area contributed by atoms with Crippen LogP contribution in [0.15, 0.2) is 46.9 Å². The van der Waals surface area contributed by atoms with Crippen LogP contribution >= 0.6 is 0 Å². The van der Waals surface area contributed by atoms with E-state index in [1.54, 1.807) is 24.1 Å². The molecule has 124 valence electrons. The second-order valence-electron chi connectivity index (χ2n) is 5.39. The number of ether oxygens (including phenoxy) is 1. The van der Waals surface area contributed by atoms with Crippen molar-refractivity contribution in [3.05, 3.63) is 54.0 Å². The number of rotatable bonds is 6. The van der Waals surface area contributed by atoms with E-state index < -0.39 is 0 Å². The number of tetrazole rings is 1. The van der Waals surface area contributed by atoms with Crippen molar-refractivity contribution in [2.24, 2.45) is 0 Å². The van der Waals surface area contributed by atoms with Gasteiger partial charge in [-0.2, -0.15) is 5.21 Å². The lowest BCUT2D eigenvalue weighted by atomic mass is 10.1. The van der Waals surface area contributed by atoms with Crippen LogP contribution in [0.1, 0.15) is 29.2 Å². The Bertz CT molecular complexity index is 785. The Labute approximate surface area is 138 Å². The van der Waals surface area contributed by atoms with Gasteiger partial charge in [0.05, 0.1) is 0 Å². The molecule has 3 rings (SSSR count). The second kappa shape index (κ2) is 6.95. The summed E-state index contributed by atoms with van der Waals surface area (Å²) in [5.41, 5.74) is 0. The van der Waals surface area contributed by atoms with Crippen LogP contribution in [0.4, 0.5) is 0 Å². The molecule has 0 aliphatic carbocycles. The molecule has 1 N–H and O–H groups in total. The first-order valence-electron chi connectivity index (χ1n) is 7.45. The van der Waals surface area contributed by atoms with Gasteiger partial charge in [-0.1, -0.05) is 30.3 Å². The maximum atomic E-state index is 12.4. The van der Waals surface area contributed by atoms with E-state index in [-0.39, 0.29) is 23.5 Å². The summed E-state index contributed by atoms with van der Waals surface area (Å²) in [6, 6.07) is 12.4. The molecule has 8 nitrogen and oxygen atoms in total. The lowest BCUT2D eigenvalue weighted by molar-refractivity contribution is 0.0750. The van der Waals surface area contributed by atoms with Crippen molar-refractivity contribution >= 4 is 5.91 Å². The van der Waals surface area contributed by atoms with Gasteiger partial charge in [0.1, 0.15) is 5.75 Å². The lowest BCUT2D eigenvalue weighted by Crippen LogP contribution is -2.30. The van der Waals surface area contributed by atoms with Crippen molar-refractivity contribution in [1.82, 2.24) is 25.5 Å². The number of benzene rings is 1. The molecule has 8 heteroatoms. The summed E-state index contributed by atoms with van der Waals surface area (Å²) in [5, 5.41) is 13.8. The zero-order valence-electron chi connectivity index (χ0n) is 13.3. The average molecular weight is 327 g/mol. The Hall–Kier alpha value is -3.16. The number of amides is 1. The largest absolute Gasteiger partial charge is 0.426 e. The van der Waals surface area contributed by atoms with E-state index in [4.69, 9.17) is 9.15 Å². The minimum Gasteiger partial charge on any atom is -0.426 e. The molecule has 2 heterocycles. The monoisotopic (exact) mass is 327 g/mol. The zero-order valence-corrected chi connectivity index (χ0v) is 13.3. The van der Waals surface area contributed by atoms with Crippen LogP contribution in [0, 0.1) is 0 Å². The summed E-state index contributed by atoms with van der Waals surface area (Å²) >= 11 is 0. The molecule has 0 aliphatic rings. The molecule has 24 heavy (non-hydrogen) atoms. The minimum atomic E-state index is -0.242. The third-order valence-corrected chi connectivity index (χ3v) is 3.45. The Kier molecular flexibility index (Phi) is 4.55. The van der Waals surface area contributed by atoms with Gasteiger partial charge < -0.3 is 14.1 Å². The fourth-order valence-electron chi connectivity index (χ4n) is 2.24. The van der Waals surface area contributed by atoms with Crippen LogP contribution in [0.25, 0.3) is 0 Å². The molecule has 0 spiro atoms. The Balaban J connectivity index is 1.62. The molecule has 0 saturated carbocycles. The Morgan fingerprint density at radius 2 is 2.08 bits per heavy atom. The predicted molar refractivity (Wildman–Crippen MR) is 84.8 cm³/mol. The highest BCUT2D eigenvalue weighted by molar-refractivity contribution is 5.91. The molecular weight excluding hydrogens is 310 g/mol. The van der Waals surface area contributed by atoms with Gasteiger partial charge in [-0.25, -0.2) is 0 Å². The summed E-state index contributed by atoms with van der Waals surface area (Å²) in [4.78, 5) is 14.0. The van der Waals surface area contributed by atoms with E-state index in [9.17, 15) is 4.79 Å². The number of aromatic amines is 1. The summed E-state index contributed by atoms with van der Waals surface area (Å²) in [6.45, 7) is 2.36. The van der Waals surface area contributed by atoms with Crippen LogP contribution in [-0.4, -0.2) is 45.0 Å². The quantitative estimate of drug-likeness (QED) is 0.747. The number of H-pyrrole nitrogens is 1. The summed E-state index contributed by atoms with van der Waals surface area (Å²) < 4.78 is 11.0. The summed E-state index contributed by atoms with van der Waals surface area (Å²) in [7, 11) is 1.69. The van der Waals surface area contributed by atoms with Gasteiger partial charge in [-0.3, -0.25) is 4.79 Å². The highest BCUT2D eigenvalue weighted by Crippen LogP contribution is 2.24. The molecular formula is C16H17N5O3. The average Bonchev–Trinajstić information content (AvgIpc) is 3.27. The summed E-state index contributed by atoms with van der Waals surface area (Å²) in [5.74, 6) is 1.39. The topological polar surface area (TPSA) is 97.1 Å². The molecule has 0 radical (unpaired) electrons. The molecule has 1 unspecified atom stereocenters. The normalized spacial score (nSPS) is 11.9. The van der Waals surface area contributed by atoms with Crippen LogP contribution in [-0.2, 0) is 0 Å². The third kappa shape index (κ3) is 3.60. The van der Waals surface area contributed by atoms with Gasteiger partial charge >= 0.3 is 0 Å². The first kappa shape index (κ1) is 15.7. The molecule has 3 aromatic rings. The maximum absolute atomic E-state index is 12.4. The number of nitrogens with one attached hydrogen (secondary N) is 1. The van der Waals surface area contributed by atoms with Crippen molar-refractivity contribution < 1.29 is 13.9 Å². The van der Waals surface area contributed by atoms with Gasteiger partial charge in [0, 0.05) is 25.6 Å². The van der Waals surface area contributed by atoms with Gasteiger partial charge in [0.15, 0.2) is 11.6 Å². The van der Waals surface area contributed by atoms with Gasteiger partial charge in [-0.05, 0) is 18.2 Å². The predicted octanol–water partition coefficient (Wildman–Crippen LogP) is 2.46. The number of carbonyl (C=O) groups excluding carboxylic acids is 1. The lowest BCUT2D eigenvalue weighted by Gasteiger charge is -2.18. The van der Waals surface area contributed by atoms with E-state index >= 15 is 0 Å². The molecule has 2 aromatic heterocycles. The van der Waals surface area contributed by atoms with Gasteiger partial charge in [-0.15, -0.1) is 10.2 Å². The van der Waals surface area contributed by atoms with E-state index in [0.717, 1.165) is 0 Å². The number of likely N-dealkylation sites (N-methyl/N-ethyl adjacent to an activating group) is 1. The molecule has 0 bridgehead atoms. The van der Waals surface area contributed by atoms with Crippen LogP contribution in [0.3, 0.4) is 0 Å². The molecule has 0 aliphatic heterocycles. The number of aromatic nitrogens is 4. The van der Waals surface area contributed by atoms with Crippen molar-refractivity contribution in [1.29, 1.82) is 0 Å². The van der Waals surface area contributed by atoms with Crippen molar-refractivity contribution in [3.63, 3.8) is 0 Å². The van der Waals surface area contributed by atoms with E-state index in [2.05, 4.69) is 20.6 Å². The highest BCUT2D eigenvalue weighted by Gasteiger charge is 2.20. The van der Waals surface area contributed by atoms with Crippen LogP contribution in [0.5, 0.6) is 11.7 Å². The van der Waals surface area contributed by atoms with E-state index in [1.807, 2.05) is 37.3 Å². The van der Waals surface area contributed by atoms with Crippen molar-refractivity contribution in [2.75, 3.05) is 13.6 Å². The van der Waals surface area contributed by atoms with E-state index in [0.29, 0.717) is 18.1 Å². The zero-order chi connectivity index (χ0) is 16.9. The first-order valence-corrected chi connectivity index (χ1v) is 7.45. The van der Waals surface area contributed by atoms with Crippen LogP contribution < -0.4 is 4.74 Å². The molecule has 1 aromatic carbocycles. The molecule has 1 amide bonds. The van der Waals surface area contributed by atoms with Gasteiger partial charge in [0.25, 0.3) is 11.9 Å². The number of hydrogen-bond donors (Lipinski definition) is 1. The molecule has 0 fully saturated rings. The minimum absolute atomic E-state index is 0.0484. The van der Waals surface area contributed by atoms with E-state index in [1.165, 1.54) is 0 Å². The van der Waals surface area contributed by atoms with Crippen LogP contribution in [0.2, 0.25) is 0 Å². The molecule has 0 saturated heterocycles. The maximum Gasteiger partial charge on any atom is 0.290 e. The highest BCUT2D eigenvalue weighted by atomic mass is 16.6. The number of para-hydroxylation sites is 1. The number of carbonyl (C=O) groups is 1. The van der Waals surface area contributed by atoms with Crippen molar-refractivity contribution in [2.45, 2.75) is 12.8 Å². The van der Waals surface area contributed by atoms with Gasteiger partial charge in [0.2, 0.25) is 0 Å². The second-order valence-corrected chi connectivity index (χ2v) is 5.39. The third-order valence-electron chi connectivity index (χ3n) is 3.45. The Morgan fingerprint density at radius 1 is 1.29 bits per heavy atom. The number of hydrogen-bond acceptors (Lipinski definition) is 6. The number of nitrogens with zero attached hydrogens (tertiary/aromatic N) is 4. The first-order chi connectivity index (χ1) is 11.6. The summed E-state index contributed by atoms with van der Waals surface area (Å²) in [6.07, 6.45) is 0. The fourth-order valence-corrected chi connectivity index (χ4v) is 2.24. The SMILES string of the molecule is CC(CN(C)C(=O)c1ccc(Oc2ccccc2)o1)c1nn[nH]n1. The Morgan fingerprint density at radius 3 is 2.79 bits per heavy atom. The molecule has 1 atom stereocenters. The van der Waals surface area contributed by atoms with Crippen molar-refractivity contribution in [3.8, 4) is 11.7 Å². The standard InChI is InChI=1S/C16H17N5O3/c1-11(15-17-19-20-18-15)10-21(2)16(22)13-8-9-14(24-13)23-12-6-4-3-5-7-12/h3-9,11H,10H2,1-2H3,(H,17,18,19,20). The fraction of sp³-hybridized carbons (Fsp3) is 0.250.